The largest absolute Gasteiger partial charge is 0.422 e. The Balaban J connectivity index is 2.32. The predicted molar refractivity (Wildman–Crippen MR) is 145 cm³/mol. The zero-order valence-corrected chi connectivity index (χ0v) is 25.3. The van der Waals surface area contributed by atoms with Gasteiger partial charge in [0.2, 0.25) is 0 Å². The third-order valence-corrected chi connectivity index (χ3v) is 7.44. The van der Waals surface area contributed by atoms with Gasteiger partial charge in [-0.25, -0.2) is 35.1 Å². The average molecular weight is 768 g/mol. The Kier molecular flexibility index (Phi) is 9.77. The molecule has 0 spiro atoms. The standard InChI is InChI=1S/C31H5F16N4P/c32-21-17(22(33)26(37)19(25(21)36)30(43,44)45)11(6-50)15-14(10(5-49)8-1-2-9(4-48)13(3-8)29(40,41)42)16(15)12(7-51)18-23(34)27(38)20(31(46,47)52)28(39)24(18)35/h1-3H,52H2/b14-10+,15-11-,16-12?. The third-order valence-electron chi connectivity index (χ3n) is 7.15. The number of nitriles is 4. The molecule has 1 saturated carbocycles. The molecule has 0 bridgehead atoms. The van der Waals surface area contributed by atoms with Gasteiger partial charge in [-0.05, 0) is 17.7 Å². The quantitative estimate of drug-likeness (QED) is 0.114. The molecule has 266 valence electrons. The summed E-state index contributed by atoms with van der Waals surface area (Å²) in [4.78, 5) is 0. The summed E-state index contributed by atoms with van der Waals surface area (Å²) in [5.41, 5.74) is -28.0. The van der Waals surface area contributed by atoms with Gasteiger partial charge < -0.3 is 0 Å². The van der Waals surface area contributed by atoms with Gasteiger partial charge in [0, 0.05) is 16.7 Å². The molecule has 21 heteroatoms. The van der Waals surface area contributed by atoms with Crippen LogP contribution in [-0.2, 0) is 18.0 Å². The molecule has 4 nitrogen and oxygen atoms in total. The average Bonchev–Trinajstić information content (AvgIpc) is 3.75. The molecule has 0 aromatic heterocycles. The van der Waals surface area contributed by atoms with E-state index in [1.807, 2.05) is 0 Å². The number of benzene rings is 3. The SMILES string of the molecule is N#CC(=C1C(=C(\C#N)c2ccc(C#N)c(C(F)(F)F)c2)/C1=C(\C#N)c1c(F)c(F)c(C(F)(F)F)c(F)c1F)c1c(F)c(F)c(C(F)(F)P)c(F)c1F. The first-order valence-electron chi connectivity index (χ1n) is 12.9. The van der Waals surface area contributed by atoms with E-state index in [2.05, 4.69) is 0 Å². The number of alkyl halides is 8. The van der Waals surface area contributed by atoms with Crippen LogP contribution in [0.1, 0.15) is 38.9 Å². The van der Waals surface area contributed by atoms with Gasteiger partial charge in [-0.2, -0.15) is 56.2 Å². The predicted octanol–water partition coefficient (Wildman–Crippen LogP) is 9.88. The van der Waals surface area contributed by atoms with Gasteiger partial charge >= 0.3 is 12.4 Å². The van der Waals surface area contributed by atoms with Gasteiger partial charge in [0.15, 0.2) is 46.5 Å². The van der Waals surface area contributed by atoms with Gasteiger partial charge in [0.25, 0.3) is 5.66 Å². The highest BCUT2D eigenvalue weighted by atomic mass is 31.0. The fraction of sp³-hybridized carbons (Fsp3) is 0.0968. The lowest BCUT2D eigenvalue weighted by Gasteiger charge is -2.16. The van der Waals surface area contributed by atoms with Crippen molar-refractivity contribution in [1.82, 2.24) is 0 Å². The summed E-state index contributed by atoms with van der Waals surface area (Å²) in [6, 6.07) is 5.20. The molecule has 0 saturated heterocycles. The molecule has 1 unspecified atom stereocenters. The van der Waals surface area contributed by atoms with Gasteiger partial charge in [-0.3, -0.25) is 0 Å². The van der Waals surface area contributed by atoms with Crippen LogP contribution >= 0.6 is 9.24 Å². The van der Waals surface area contributed by atoms with Crippen molar-refractivity contribution < 1.29 is 70.2 Å². The zero-order chi connectivity index (χ0) is 39.6. The Hall–Kier alpha value is -5.85. The summed E-state index contributed by atoms with van der Waals surface area (Å²) in [7, 11) is 0.532. The second-order valence-electron chi connectivity index (χ2n) is 10.1. The maximum absolute atomic E-state index is 15.2. The number of halogens is 16. The Bertz CT molecular complexity index is 2210. The van der Waals surface area contributed by atoms with Gasteiger partial charge in [0.05, 0.1) is 45.0 Å². The van der Waals surface area contributed by atoms with Crippen LogP contribution < -0.4 is 0 Å². The fourth-order valence-corrected chi connectivity index (χ4v) is 5.21. The summed E-state index contributed by atoms with van der Waals surface area (Å²) in [5.74, 6) is -23.6. The Morgan fingerprint density at radius 3 is 1.17 bits per heavy atom. The summed E-state index contributed by atoms with van der Waals surface area (Å²) >= 11 is 0. The minimum absolute atomic E-state index is 0.0602. The monoisotopic (exact) mass is 768 g/mol. The van der Waals surface area contributed by atoms with Crippen LogP contribution in [0.2, 0.25) is 0 Å². The van der Waals surface area contributed by atoms with E-state index in [4.69, 9.17) is 5.26 Å². The number of hydrogen-bond acceptors (Lipinski definition) is 4. The van der Waals surface area contributed by atoms with Gasteiger partial charge in [0.1, 0.15) is 29.3 Å². The van der Waals surface area contributed by atoms with E-state index in [1.165, 1.54) is 6.07 Å². The minimum Gasteiger partial charge on any atom is -0.203 e. The van der Waals surface area contributed by atoms with E-state index in [-0.39, 0.29) is 6.07 Å². The summed E-state index contributed by atoms with van der Waals surface area (Å²) in [5, 5.41) is 38.7. The molecule has 0 aliphatic heterocycles. The topological polar surface area (TPSA) is 95.2 Å². The van der Waals surface area contributed by atoms with Crippen LogP contribution in [0.3, 0.4) is 0 Å². The highest BCUT2D eigenvalue weighted by molar-refractivity contribution is 7.17. The number of hydrogen-bond donors (Lipinski definition) is 0. The van der Waals surface area contributed by atoms with E-state index in [1.54, 1.807) is 0 Å². The molecule has 0 radical (unpaired) electrons. The van der Waals surface area contributed by atoms with Crippen LogP contribution in [0.15, 0.2) is 34.9 Å². The number of allylic oxidation sites excluding steroid dienone is 6. The van der Waals surface area contributed by atoms with Crippen molar-refractivity contribution in [2.45, 2.75) is 18.0 Å². The molecule has 3 aromatic carbocycles. The van der Waals surface area contributed by atoms with Crippen molar-refractivity contribution in [1.29, 1.82) is 21.0 Å². The van der Waals surface area contributed by atoms with Crippen LogP contribution in [0.4, 0.5) is 70.2 Å². The molecule has 1 fully saturated rings. The summed E-state index contributed by atoms with van der Waals surface area (Å²) in [6.07, 6.45) is -11.5. The second-order valence-corrected chi connectivity index (χ2v) is 10.8. The van der Waals surface area contributed by atoms with Crippen LogP contribution in [0.5, 0.6) is 0 Å². The van der Waals surface area contributed by atoms with Gasteiger partial charge in [-0.15, -0.1) is 0 Å². The number of rotatable bonds is 4. The molecule has 1 aliphatic rings. The zero-order valence-electron chi connectivity index (χ0n) is 24.1. The molecular weight excluding hydrogens is 763 g/mol. The summed E-state index contributed by atoms with van der Waals surface area (Å²) in [6.45, 7) is 0. The highest BCUT2D eigenvalue weighted by Crippen LogP contribution is 2.57. The molecule has 0 heterocycles. The molecule has 1 atom stereocenters. The maximum Gasteiger partial charge on any atom is 0.422 e. The smallest absolute Gasteiger partial charge is 0.203 e. The molecule has 1 aliphatic carbocycles. The Labute approximate surface area is 280 Å². The second kappa shape index (κ2) is 13.0. The normalized spacial score (nSPS) is 16.0. The van der Waals surface area contributed by atoms with Crippen molar-refractivity contribution in [3.63, 3.8) is 0 Å². The van der Waals surface area contributed by atoms with Crippen molar-refractivity contribution in [3.05, 3.63) is 120 Å². The van der Waals surface area contributed by atoms with Crippen molar-refractivity contribution in [3.8, 4) is 24.3 Å². The van der Waals surface area contributed by atoms with E-state index < -0.39 is 137 Å². The molecule has 4 rings (SSSR count). The lowest BCUT2D eigenvalue weighted by Crippen LogP contribution is -2.17. The highest BCUT2D eigenvalue weighted by Gasteiger charge is 2.48. The van der Waals surface area contributed by atoms with Crippen molar-refractivity contribution in [2.75, 3.05) is 0 Å². The third kappa shape index (κ3) is 6.20. The first-order chi connectivity index (χ1) is 23.9. The molecular formula is C31H5F16N4P. The van der Waals surface area contributed by atoms with E-state index in [0.29, 0.717) is 21.4 Å². The van der Waals surface area contributed by atoms with E-state index in [9.17, 15) is 68.5 Å². The van der Waals surface area contributed by atoms with Crippen molar-refractivity contribution >= 4 is 26.0 Å². The Morgan fingerprint density at radius 1 is 0.500 bits per heavy atom. The molecule has 0 N–H and O–H groups in total. The number of nitrogens with zero attached hydrogens (tertiary/aromatic N) is 4. The van der Waals surface area contributed by atoms with Gasteiger partial charge in [-0.1, -0.05) is 15.3 Å². The Morgan fingerprint density at radius 2 is 0.865 bits per heavy atom. The summed E-state index contributed by atoms with van der Waals surface area (Å²) < 4.78 is 228. The van der Waals surface area contributed by atoms with Crippen LogP contribution in [0, 0.1) is 91.9 Å². The first kappa shape index (κ1) is 38.9. The minimum atomic E-state index is -6.12. The maximum atomic E-state index is 15.2. The molecule has 0 amide bonds. The lowest BCUT2D eigenvalue weighted by atomic mass is 9.97. The first-order valence-corrected chi connectivity index (χ1v) is 13.5. The van der Waals surface area contributed by atoms with E-state index in [0.717, 1.165) is 18.2 Å². The van der Waals surface area contributed by atoms with Crippen LogP contribution in [0.25, 0.3) is 16.7 Å². The lowest BCUT2D eigenvalue weighted by molar-refractivity contribution is -0.143. The fourth-order valence-electron chi connectivity index (χ4n) is 4.95. The van der Waals surface area contributed by atoms with Crippen LogP contribution in [-0.4, -0.2) is 0 Å². The van der Waals surface area contributed by atoms with E-state index >= 15 is 17.6 Å². The molecule has 3 aromatic rings. The molecule has 52 heavy (non-hydrogen) atoms. The van der Waals surface area contributed by atoms with Crippen molar-refractivity contribution in [2.24, 2.45) is 0 Å².